The van der Waals surface area contributed by atoms with Crippen molar-refractivity contribution < 1.29 is 9.53 Å². The van der Waals surface area contributed by atoms with E-state index in [1.165, 1.54) is 25.7 Å². The van der Waals surface area contributed by atoms with Gasteiger partial charge < -0.3 is 10.1 Å². The highest BCUT2D eigenvalue weighted by Gasteiger charge is 2.42. The van der Waals surface area contributed by atoms with Gasteiger partial charge in [-0.05, 0) is 32.1 Å². The molecular weight excluding hydrogens is 178 g/mol. The van der Waals surface area contributed by atoms with Gasteiger partial charge in [0.2, 0.25) is 6.41 Å². The second kappa shape index (κ2) is 4.30. The molecule has 0 aromatic carbocycles. The summed E-state index contributed by atoms with van der Waals surface area (Å²) >= 11 is 0. The molecule has 3 nitrogen and oxygen atoms in total. The van der Waals surface area contributed by atoms with Gasteiger partial charge in [0, 0.05) is 6.61 Å². The van der Waals surface area contributed by atoms with E-state index in [0.717, 1.165) is 32.3 Å². The second-order valence-electron chi connectivity index (χ2n) is 4.45. The maximum Gasteiger partial charge on any atom is 0.207 e. The molecule has 80 valence electrons. The van der Waals surface area contributed by atoms with E-state index < -0.39 is 0 Å². The number of nitrogens with one attached hydrogen (secondary N) is 1. The first kappa shape index (κ1) is 9.97. The van der Waals surface area contributed by atoms with Gasteiger partial charge in [0.1, 0.15) is 0 Å². The van der Waals surface area contributed by atoms with E-state index in [2.05, 4.69) is 5.32 Å². The first-order valence-electron chi connectivity index (χ1n) is 5.71. The number of rotatable bonds is 2. The first-order valence-corrected chi connectivity index (χ1v) is 5.71. The molecule has 1 amide bonds. The Balaban J connectivity index is 2.06. The van der Waals surface area contributed by atoms with E-state index in [1.807, 2.05) is 0 Å². The smallest absolute Gasteiger partial charge is 0.207 e. The van der Waals surface area contributed by atoms with E-state index in [4.69, 9.17) is 4.74 Å². The Bertz CT molecular complexity index is 191. The molecule has 1 aliphatic heterocycles. The van der Waals surface area contributed by atoms with Gasteiger partial charge in [0.25, 0.3) is 0 Å². The van der Waals surface area contributed by atoms with E-state index in [1.54, 1.807) is 0 Å². The van der Waals surface area contributed by atoms with E-state index in [0.29, 0.717) is 0 Å². The van der Waals surface area contributed by atoms with Crippen molar-refractivity contribution in [2.75, 3.05) is 6.61 Å². The molecule has 2 atom stereocenters. The summed E-state index contributed by atoms with van der Waals surface area (Å²) in [7, 11) is 0. The van der Waals surface area contributed by atoms with Crippen molar-refractivity contribution >= 4 is 6.41 Å². The van der Waals surface area contributed by atoms with Crippen molar-refractivity contribution in [2.24, 2.45) is 0 Å². The Kier molecular flexibility index (Phi) is 3.06. The molecule has 1 saturated heterocycles. The van der Waals surface area contributed by atoms with Gasteiger partial charge in [-0.2, -0.15) is 0 Å². The zero-order valence-corrected chi connectivity index (χ0v) is 8.63. The molecule has 1 heterocycles. The summed E-state index contributed by atoms with van der Waals surface area (Å²) in [5.41, 5.74) is -0.0165. The van der Waals surface area contributed by atoms with Gasteiger partial charge in [-0.3, -0.25) is 4.79 Å². The van der Waals surface area contributed by atoms with Crippen LogP contribution < -0.4 is 5.32 Å². The van der Waals surface area contributed by atoms with E-state index >= 15 is 0 Å². The molecular formula is C11H19NO2. The van der Waals surface area contributed by atoms with E-state index in [-0.39, 0.29) is 11.6 Å². The zero-order valence-electron chi connectivity index (χ0n) is 8.63. The molecule has 2 fully saturated rings. The Morgan fingerprint density at radius 2 is 2.00 bits per heavy atom. The van der Waals surface area contributed by atoms with Crippen LogP contribution in [-0.2, 0) is 9.53 Å². The maximum atomic E-state index is 10.5. The minimum atomic E-state index is -0.0165. The minimum Gasteiger partial charge on any atom is -0.373 e. The highest BCUT2D eigenvalue weighted by atomic mass is 16.5. The van der Waals surface area contributed by atoms with Crippen LogP contribution in [0.25, 0.3) is 0 Å². The molecule has 3 heteroatoms. The van der Waals surface area contributed by atoms with Crippen LogP contribution in [0.4, 0.5) is 0 Å². The topological polar surface area (TPSA) is 38.3 Å². The molecule has 0 radical (unpaired) electrons. The number of carbonyl (C=O) groups excluding carboxylic acids is 1. The fraction of sp³-hybridized carbons (Fsp3) is 0.909. The maximum absolute atomic E-state index is 10.5. The fourth-order valence-corrected chi connectivity index (χ4v) is 2.87. The Hall–Kier alpha value is -0.570. The minimum absolute atomic E-state index is 0.0165. The molecule has 1 aliphatic carbocycles. The Morgan fingerprint density at radius 1 is 1.21 bits per heavy atom. The van der Waals surface area contributed by atoms with Gasteiger partial charge in [0.15, 0.2) is 0 Å². The molecule has 0 aromatic rings. The fourth-order valence-electron chi connectivity index (χ4n) is 2.87. The normalized spacial score (nSPS) is 38.1. The van der Waals surface area contributed by atoms with Crippen molar-refractivity contribution in [1.82, 2.24) is 5.32 Å². The van der Waals surface area contributed by atoms with Crippen molar-refractivity contribution in [2.45, 2.75) is 56.6 Å². The first-order chi connectivity index (χ1) is 6.87. The quantitative estimate of drug-likeness (QED) is 0.683. The van der Waals surface area contributed by atoms with Crippen LogP contribution in [-0.4, -0.2) is 24.7 Å². The molecule has 2 unspecified atom stereocenters. The van der Waals surface area contributed by atoms with Crippen LogP contribution in [0.3, 0.4) is 0 Å². The number of amides is 1. The molecule has 2 aliphatic rings. The Labute approximate surface area is 85.2 Å². The molecule has 1 spiro atoms. The average molecular weight is 197 g/mol. The monoisotopic (exact) mass is 197 g/mol. The summed E-state index contributed by atoms with van der Waals surface area (Å²) < 4.78 is 5.95. The van der Waals surface area contributed by atoms with Gasteiger partial charge in [0.05, 0.1) is 11.6 Å². The molecule has 2 rings (SSSR count). The lowest BCUT2D eigenvalue weighted by molar-refractivity contribution is -0.129. The second-order valence-corrected chi connectivity index (χ2v) is 4.45. The van der Waals surface area contributed by atoms with Crippen molar-refractivity contribution in [1.29, 1.82) is 0 Å². The van der Waals surface area contributed by atoms with Crippen LogP contribution >= 0.6 is 0 Å². The number of ether oxygens (including phenoxy) is 1. The Morgan fingerprint density at radius 3 is 2.71 bits per heavy atom. The molecule has 1 saturated carbocycles. The van der Waals surface area contributed by atoms with Gasteiger partial charge >= 0.3 is 0 Å². The van der Waals surface area contributed by atoms with Gasteiger partial charge in [-0.25, -0.2) is 0 Å². The highest BCUT2D eigenvalue weighted by Crippen LogP contribution is 2.38. The van der Waals surface area contributed by atoms with Crippen LogP contribution in [0.1, 0.15) is 44.9 Å². The summed E-state index contributed by atoms with van der Waals surface area (Å²) in [5, 5.41) is 2.94. The van der Waals surface area contributed by atoms with Crippen molar-refractivity contribution in [3.63, 3.8) is 0 Å². The lowest BCUT2D eigenvalue weighted by Gasteiger charge is -2.46. The van der Waals surface area contributed by atoms with Crippen LogP contribution in [0.5, 0.6) is 0 Å². The summed E-state index contributed by atoms with van der Waals surface area (Å²) in [6.07, 6.45) is 9.05. The molecule has 1 N–H and O–H groups in total. The van der Waals surface area contributed by atoms with Gasteiger partial charge in [-0.15, -0.1) is 0 Å². The van der Waals surface area contributed by atoms with Gasteiger partial charge in [-0.1, -0.05) is 12.8 Å². The average Bonchev–Trinajstić information content (AvgIpc) is 2.23. The molecule has 14 heavy (non-hydrogen) atoms. The third-order valence-electron chi connectivity index (χ3n) is 3.63. The predicted octanol–water partition coefficient (Wildman–Crippen LogP) is 1.61. The number of hydrogen-bond acceptors (Lipinski definition) is 2. The molecule has 0 aromatic heterocycles. The lowest BCUT2D eigenvalue weighted by Crippen LogP contribution is -2.55. The standard InChI is InChI=1S/C11H19NO2/c13-9-12-10-5-1-2-6-11(10)7-3-4-8-14-11/h9-10H,1-8H2,(H,12,13). The highest BCUT2D eigenvalue weighted by molar-refractivity contribution is 5.47. The number of carbonyl (C=O) groups is 1. The SMILES string of the molecule is O=CNC1CCCCC12CCCCO2. The summed E-state index contributed by atoms with van der Waals surface area (Å²) in [5.74, 6) is 0. The summed E-state index contributed by atoms with van der Waals surface area (Å²) in [6.45, 7) is 0.872. The van der Waals surface area contributed by atoms with Crippen LogP contribution in [0.15, 0.2) is 0 Å². The third-order valence-corrected chi connectivity index (χ3v) is 3.63. The summed E-state index contributed by atoms with van der Waals surface area (Å²) in [6, 6.07) is 0.258. The lowest BCUT2D eigenvalue weighted by atomic mass is 9.76. The largest absolute Gasteiger partial charge is 0.373 e. The van der Waals surface area contributed by atoms with E-state index in [9.17, 15) is 4.79 Å². The third kappa shape index (κ3) is 1.78. The predicted molar refractivity (Wildman–Crippen MR) is 54.0 cm³/mol. The molecule has 0 bridgehead atoms. The van der Waals surface area contributed by atoms with Crippen molar-refractivity contribution in [3.05, 3.63) is 0 Å². The number of hydrogen-bond donors (Lipinski definition) is 1. The van der Waals surface area contributed by atoms with Crippen LogP contribution in [0.2, 0.25) is 0 Å². The summed E-state index contributed by atoms with van der Waals surface area (Å²) in [4.78, 5) is 10.5. The zero-order chi connectivity index (χ0) is 9.86. The van der Waals surface area contributed by atoms with Crippen LogP contribution in [0, 0.1) is 0 Å². The van der Waals surface area contributed by atoms with Crippen molar-refractivity contribution in [3.8, 4) is 0 Å².